The van der Waals surface area contributed by atoms with Gasteiger partial charge in [-0.15, -0.1) is 0 Å². The van der Waals surface area contributed by atoms with Gasteiger partial charge < -0.3 is 10.2 Å². The number of hydrogen-bond acceptors (Lipinski definition) is 6. The fraction of sp³-hybridized carbons (Fsp3) is 0.450. The summed E-state index contributed by atoms with van der Waals surface area (Å²) in [5.41, 5.74) is 3.09. The van der Waals surface area contributed by atoms with Gasteiger partial charge in [-0.25, -0.2) is 0 Å². The van der Waals surface area contributed by atoms with E-state index in [2.05, 4.69) is 46.2 Å². The van der Waals surface area contributed by atoms with Crippen LogP contribution in [0.2, 0.25) is 0 Å². The average molecular weight is 365 g/mol. The molecule has 1 aliphatic rings. The second kappa shape index (κ2) is 7.52. The molecule has 1 saturated heterocycles. The molecule has 0 bridgehead atoms. The van der Waals surface area contributed by atoms with Crippen LogP contribution >= 0.6 is 0 Å². The van der Waals surface area contributed by atoms with E-state index < -0.39 is 0 Å². The van der Waals surface area contributed by atoms with Crippen molar-refractivity contribution in [3.8, 4) is 0 Å². The minimum absolute atomic E-state index is 0.776. The third-order valence-electron chi connectivity index (χ3n) is 5.17. The number of hydrogen-bond donors (Lipinski definition) is 1. The van der Waals surface area contributed by atoms with Gasteiger partial charge in [-0.3, -0.25) is 9.58 Å². The van der Waals surface area contributed by atoms with E-state index >= 15 is 0 Å². The summed E-state index contributed by atoms with van der Waals surface area (Å²) in [7, 11) is 1.93. The maximum absolute atomic E-state index is 4.88. The first-order valence-corrected chi connectivity index (χ1v) is 9.65. The van der Waals surface area contributed by atoms with Gasteiger partial charge in [-0.2, -0.15) is 15.1 Å². The Kier molecular flexibility index (Phi) is 4.94. The van der Waals surface area contributed by atoms with Crippen molar-refractivity contribution in [1.82, 2.24) is 24.6 Å². The van der Waals surface area contributed by atoms with Crippen molar-refractivity contribution in [3.05, 3.63) is 36.0 Å². The molecule has 7 nitrogen and oxygen atoms in total. The summed E-state index contributed by atoms with van der Waals surface area (Å²) in [6.45, 7) is 9.51. The Hall–Kier alpha value is -2.67. The zero-order valence-electron chi connectivity index (χ0n) is 16.3. The van der Waals surface area contributed by atoms with Crippen LogP contribution in [-0.2, 0) is 7.05 Å². The highest BCUT2D eigenvalue weighted by Gasteiger charge is 2.21. The van der Waals surface area contributed by atoms with E-state index in [9.17, 15) is 0 Å². The topological polar surface area (TPSA) is 62.1 Å². The molecule has 3 heterocycles. The number of benzene rings is 1. The highest BCUT2D eigenvalue weighted by Crippen LogP contribution is 2.27. The van der Waals surface area contributed by atoms with E-state index in [1.54, 1.807) is 0 Å². The van der Waals surface area contributed by atoms with Gasteiger partial charge in [0, 0.05) is 38.9 Å². The molecule has 1 fully saturated rings. The molecule has 0 saturated carbocycles. The minimum Gasteiger partial charge on any atom is -0.339 e. The molecule has 1 aromatic carbocycles. The lowest BCUT2D eigenvalue weighted by Gasteiger charge is -2.34. The second-order valence-corrected chi connectivity index (χ2v) is 7.15. The summed E-state index contributed by atoms with van der Waals surface area (Å²) in [5.74, 6) is 1.59. The molecule has 0 aliphatic carbocycles. The first-order chi connectivity index (χ1) is 13.2. The number of aryl methyl sites for hydroxylation is 2. The van der Waals surface area contributed by atoms with Crippen LogP contribution in [-0.4, -0.2) is 57.4 Å². The Morgan fingerprint density at radius 2 is 1.85 bits per heavy atom. The maximum Gasteiger partial charge on any atom is 0.229 e. The smallest absolute Gasteiger partial charge is 0.229 e. The van der Waals surface area contributed by atoms with Gasteiger partial charge >= 0.3 is 0 Å². The van der Waals surface area contributed by atoms with Gasteiger partial charge in [0.2, 0.25) is 5.95 Å². The van der Waals surface area contributed by atoms with E-state index in [1.165, 1.54) is 12.0 Å². The van der Waals surface area contributed by atoms with Crippen molar-refractivity contribution in [2.45, 2.75) is 20.3 Å². The van der Waals surface area contributed by atoms with E-state index in [0.29, 0.717) is 0 Å². The van der Waals surface area contributed by atoms with Crippen molar-refractivity contribution in [2.24, 2.45) is 7.05 Å². The van der Waals surface area contributed by atoms with Crippen molar-refractivity contribution in [1.29, 1.82) is 0 Å². The molecular weight excluding hydrogens is 338 g/mol. The molecule has 1 N–H and O–H groups in total. The van der Waals surface area contributed by atoms with Crippen LogP contribution in [0.1, 0.15) is 18.9 Å². The lowest BCUT2D eigenvalue weighted by molar-refractivity contribution is 0.257. The quantitative estimate of drug-likeness (QED) is 0.750. The van der Waals surface area contributed by atoms with Crippen molar-refractivity contribution >= 4 is 28.5 Å². The number of anilines is 3. The molecule has 0 radical (unpaired) electrons. The Morgan fingerprint density at radius 1 is 1.07 bits per heavy atom. The largest absolute Gasteiger partial charge is 0.339 e. The van der Waals surface area contributed by atoms with Crippen LogP contribution in [0.25, 0.3) is 11.0 Å². The molecule has 0 amide bonds. The van der Waals surface area contributed by atoms with Gasteiger partial charge in [0.05, 0.1) is 11.6 Å². The van der Waals surface area contributed by atoms with Gasteiger partial charge in [0.1, 0.15) is 5.82 Å². The number of nitrogens with zero attached hydrogens (tertiary/aromatic N) is 6. The molecule has 27 heavy (non-hydrogen) atoms. The van der Waals surface area contributed by atoms with Crippen LogP contribution in [0, 0.1) is 6.92 Å². The highest BCUT2D eigenvalue weighted by molar-refractivity contribution is 5.89. The average Bonchev–Trinajstić information content (AvgIpc) is 3.06. The fourth-order valence-electron chi connectivity index (χ4n) is 3.58. The van der Waals surface area contributed by atoms with E-state index in [4.69, 9.17) is 9.97 Å². The summed E-state index contributed by atoms with van der Waals surface area (Å²) < 4.78 is 1.82. The summed E-state index contributed by atoms with van der Waals surface area (Å²) in [4.78, 5) is 14.5. The molecule has 7 heteroatoms. The Morgan fingerprint density at radius 3 is 2.59 bits per heavy atom. The third kappa shape index (κ3) is 3.60. The van der Waals surface area contributed by atoms with E-state index in [-0.39, 0.29) is 0 Å². The van der Waals surface area contributed by atoms with Crippen molar-refractivity contribution in [2.75, 3.05) is 42.9 Å². The maximum atomic E-state index is 4.88. The van der Waals surface area contributed by atoms with Gasteiger partial charge in [-0.05, 0) is 31.5 Å². The molecule has 0 spiro atoms. The van der Waals surface area contributed by atoms with Gasteiger partial charge in [0.15, 0.2) is 5.65 Å². The standard InChI is InChI=1S/C20H27N7/c1-4-9-26-10-12-27(13-11-26)20-23-18(16-14-21-25(3)19(16)24-20)22-17-8-6-5-7-15(17)2/h5-8,14H,4,9-13H2,1-3H3,(H,22,23,24). The van der Waals surface area contributed by atoms with E-state index in [1.807, 2.05) is 30.1 Å². The van der Waals surface area contributed by atoms with Crippen LogP contribution < -0.4 is 10.2 Å². The lowest BCUT2D eigenvalue weighted by atomic mass is 10.2. The summed E-state index contributed by atoms with van der Waals surface area (Å²) in [6.07, 6.45) is 3.03. The number of fused-ring (bicyclic) bond motifs is 1. The summed E-state index contributed by atoms with van der Waals surface area (Å²) in [6, 6.07) is 8.24. The minimum atomic E-state index is 0.776. The van der Waals surface area contributed by atoms with Crippen LogP contribution in [0.4, 0.5) is 17.5 Å². The zero-order valence-corrected chi connectivity index (χ0v) is 16.3. The summed E-state index contributed by atoms with van der Waals surface area (Å²) >= 11 is 0. The Bertz CT molecular complexity index is 925. The number of rotatable bonds is 5. The number of piperazine rings is 1. The lowest BCUT2D eigenvalue weighted by Crippen LogP contribution is -2.47. The SMILES string of the molecule is CCCN1CCN(c2nc(Nc3ccccc3C)c3cnn(C)c3n2)CC1. The second-order valence-electron chi connectivity index (χ2n) is 7.15. The number of para-hydroxylation sites is 1. The molecular formula is C20H27N7. The summed E-state index contributed by atoms with van der Waals surface area (Å²) in [5, 5.41) is 8.83. The first kappa shape index (κ1) is 17.7. The molecule has 4 rings (SSSR count). The Labute approximate surface area is 160 Å². The molecule has 0 atom stereocenters. The number of nitrogens with one attached hydrogen (secondary N) is 1. The normalized spacial score (nSPS) is 15.4. The molecule has 2 aromatic heterocycles. The zero-order chi connectivity index (χ0) is 18.8. The van der Waals surface area contributed by atoms with E-state index in [0.717, 1.165) is 61.2 Å². The first-order valence-electron chi connectivity index (χ1n) is 9.65. The third-order valence-corrected chi connectivity index (χ3v) is 5.17. The predicted octanol–water partition coefficient (Wildman–Crippen LogP) is 2.95. The highest BCUT2D eigenvalue weighted by atomic mass is 15.4. The van der Waals surface area contributed by atoms with Gasteiger partial charge in [-0.1, -0.05) is 25.1 Å². The molecule has 142 valence electrons. The van der Waals surface area contributed by atoms with Gasteiger partial charge in [0.25, 0.3) is 0 Å². The van der Waals surface area contributed by atoms with Crippen LogP contribution in [0.15, 0.2) is 30.5 Å². The molecule has 0 unspecified atom stereocenters. The molecule has 1 aliphatic heterocycles. The number of aromatic nitrogens is 4. The van der Waals surface area contributed by atoms with Crippen LogP contribution in [0.3, 0.4) is 0 Å². The van der Waals surface area contributed by atoms with Crippen molar-refractivity contribution in [3.63, 3.8) is 0 Å². The molecule has 3 aromatic rings. The monoisotopic (exact) mass is 365 g/mol. The Balaban J connectivity index is 1.66. The fourth-order valence-corrected chi connectivity index (χ4v) is 3.58. The van der Waals surface area contributed by atoms with Crippen molar-refractivity contribution < 1.29 is 0 Å². The van der Waals surface area contributed by atoms with Crippen LogP contribution in [0.5, 0.6) is 0 Å². The predicted molar refractivity (Wildman–Crippen MR) is 110 cm³/mol.